The van der Waals surface area contributed by atoms with Crippen LogP contribution in [0.5, 0.6) is 0 Å². The zero-order valence-corrected chi connectivity index (χ0v) is 12.7. The summed E-state index contributed by atoms with van der Waals surface area (Å²) >= 11 is 2.80. The highest BCUT2D eigenvalue weighted by atomic mass is 79.9. The van der Waals surface area contributed by atoms with Gasteiger partial charge in [-0.1, -0.05) is 22.0 Å². The van der Waals surface area contributed by atoms with Gasteiger partial charge in [-0.15, -0.1) is 0 Å². The fourth-order valence-corrected chi connectivity index (χ4v) is 2.19. The molecule has 21 heavy (non-hydrogen) atoms. The van der Waals surface area contributed by atoms with Gasteiger partial charge in [-0.05, 0) is 24.1 Å². The van der Waals surface area contributed by atoms with Crippen LogP contribution in [0.3, 0.4) is 0 Å². The van der Waals surface area contributed by atoms with Crippen LogP contribution in [-0.4, -0.2) is 28.8 Å². The average Bonchev–Trinajstić information content (AvgIpc) is 2.36. The smallest absolute Gasteiger partial charge is 0.390 e. The molecule has 0 aliphatic carbocycles. The van der Waals surface area contributed by atoms with Gasteiger partial charge in [0.1, 0.15) is 6.10 Å². The van der Waals surface area contributed by atoms with E-state index in [0.717, 1.165) is 6.07 Å². The number of hydrogen-bond acceptors (Lipinski definition) is 3. The van der Waals surface area contributed by atoms with Crippen molar-refractivity contribution in [3.8, 4) is 0 Å². The summed E-state index contributed by atoms with van der Waals surface area (Å²) in [5, 5.41) is 22.1. The monoisotopic (exact) mass is 369 g/mol. The molecular formula is C13H15BrF3NO3. The number of rotatable bonds is 5. The molecule has 1 aromatic carbocycles. The number of carbonyl (C=O) groups excluding carboxylic acids is 1. The number of alkyl halides is 3. The van der Waals surface area contributed by atoms with E-state index in [0.29, 0.717) is 0 Å². The minimum Gasteiger partial charge on any atom is -0.390 e. The molecule has 4 nitrogen and oxygen atoms in total. The Morgan fingerprint density at radius 3 is 2.52 bits per heavy atom. The van der Waals surface area contributed by atoms with Crippen molar-refractivity contribution < 1.29 is 28.2 Å². The fraction of sp³-hybridized carbons (Fsp3) is 0.462. The van der Waals surface area contributed by atoms with Crippen molar-refractivity contribution in [3.05, 3.63) is 33.8 Å². The summed E-state index contributed by atoms with van der Waals surface area (Å²) in [5.41, 5.74) is -0.964. The Morgan fingerprint density at radius 2 is 2.00 bits per heavy atom. The Labute approximate surface area is 128 Å². The number of aliphatic hydroxyl groups is 2. The molecule has 0 aromatic heterocycles. The molecule has 0 heterocycles. The molecule has 0 spiro atoms. The van der Waals surface area contributed by atoms with Crippen LogP contribution in [0, 0.1) is 0 Å². The minimum absolute atomic E-state index is 0.0260. The predicted molar refractivity (Wildman–Crippen MR) is 73.4 cm³/mol. The molecule has 118 valence electrons. The number of amides is 1. The molecule has 1 rings (SSSR count). The molecule has 0 fully saturated rings. The summed E-state index contributed by atoms with van der Waals surface area (Å²) in [6.07, 6.45) is -7.28. The van der Waals surface area contributed by atoms with Gasteiger partial charge in [-0.25, -0.2) is 0 Å². The first-order chi connectivity index (χ1) is 9.62. The van der Waals surface area contributed by atoms with Gasteiger partial charge in [0.25, 0.3) is 0 Å². The van der Waals surface area contributed by atoms with Gasteiger partial charge >= 0.3 is 6.18 Å². The van der Waals surface area contributed by atoms with Crippen molar-refractivity contribution in [2.75, 3.05) is 6.54 Å². The third kappa shape index (κ3) is 5.29. The largest absolute Gasteiger partial charge is 0.417 e. The van der Waals surface area contributed by atoms with E-state index in [1.54, 1.807) is 0 Å². The van der Waals surface area contributed by atoms with Gasteiger partial charge in [0.05, 0.1) is 11.7 Å². The van der Waals surface area contributed by atoms with Gasteiger partial charge < -0.3 is 15.5 Å². The fourth-order valence-electron chi connectivity index (χ4n) is 1.72. The number of aliphatic hydroxyl groups excluding tert-OH is 2. The van der Waals surface area contributed by atoms with Crippen molar-refractivity contribution in [2.45, 2.75) is 31.7 Å². The second-order valence-electron chi connectivity index (χ2n) is 4.52. The molecule has 1 amide bonds. The topological polar surface area (TPSA) is 69.6 Å². The molecule has 3 N–H and O–H groups in total. The highest BCUT2D eigenvalue weighted by Crippen LogP contribution is 2.36. The van der Waals surface area contributed by atoms with E-state index in [1.807, 2.05) is 0 Å². The van der Waals surface area contributed by atoms with Gasteiger partial charge in [0, 0.05) is 17.9 Å². The number of carbonyl (C=O) groups is 1. The maximum Gasteiger partial charge on any atom is 0.417 e. The molecular weight excluding hydrogens is 355 g/mol. The zero-order chi connectivity index (χ0) is 16.2. The average molecular weight is 370 g/mol. The summed E-state index contributed by atoms with van der Waals surface area (Å²) in [6, 6.07) is 3.25. The molecule has 2 unspecified atom stereocenters. The Morgan fingerprint density at radius 1 is 1.38 bits per heavy atom. The highest BCUT2D eigenvalue weighted by Gasteiger charge is 2.34. The van der Waals surface area contributed by atoms with Crippen molar-refractivity contribution in [2.24, 2.45) is 0 Å². The standard InChI is InChI=1S/C13H15BrF3NO3/c1-7(19)18-5-4-11(20)12(21)8-2-3-10(14)9(6-8)13(15,16)17/h2-3,6,11-12,20-21H,4-5H2,1H3,(H,18,19). The van der Waals surface area contributed by atoms with E-state index in [1.165, 1.54) is 19.1 Å². The van der Waals surface area contributed by atoms with Crippen LogP contribution in [0.1, 0.15) is 30.6 Å². The van der Waals surface area contributed by atoms with E-state index in [2.05, 4.69) is 21.2 Å². The van der Waals surface area contributed by atoms with Gasteiger partial charge in [0.15, 0.2) is 0 Å². The molecule has 0 saturated carbocycles. The van der Waals surface area contributed by atoms with Crippen molar-refractivity contribution >= 4 is 21.8 Å². The molecule has 0 aliphatic rings. The van der Waals surface area contributed by atoms with E-state index < -0.39 is 23.9 Å². The van der Waals surface area contributed by atoms with Gasteiger partial charge in [-0.2, -0.15) is 13.2 Å². The third-order valence-corrected chi connectivity index (χ3v) is 3.51. The van der Waals surface area contributed by atoms with Crippen LogP contribution >= 0.6 is 15.9 Å². The van der Waals surface area contributed by atoms with Crippen LogP contribution in [0.15, 0.2) is 22.7 Å². The van der Waals surface area contributed by atoms with E-state index in [9.17, 15) is 28.2 Å². The minimum atomic E-state index is -4.56. The molecule has 8 heteroatoms. The SMILES string of the molecule is CC(=O)NCCC(O)C(O)c1ccc(Br)c(C(F)(F)F)c1. The van der Waals surface area contributed by atoms with Crippen molar-refractivity contribution in [1.82, 2.24) is 5.32 Å². The molecule has 1 aromatic rings. The van der Waals surface area contributed by atoms with Crippen LogP contribution in [0.2, 0.25) is 0 Å². The van der Waals surface area contributed by atoms with Gasteiger partial charge in [-0.3, -0.25) is 4.79 Å². The normalized spacial score (nSPS) is 14.6. The Hall–Kier alpha value is -1.12. The van der Waals surface area contributed by atoms with E-state index in [4.69, 9.17) is 0 Å². The summed E-state index contributed by atoms with van der Waals surface area (Å²) in [6.45, 7) is 1.42. The third-order valence-electron chi connectivity index (χ3n) is 2.82. The maximum atomic E-state index is 12.8. The highest BCUT2D eigenvalue weighted by molar-refractivity contribution is 9.10. The number of hydrogen-bond donors (Lipinski definition) is 3. The second kappa shape index (κ2) is 7.24. The van der Waals surface area contributed by atoms with Gasteiger partial charge in [0.2, 0.25) is 5.91 Å². The van der Waals surface area contributed by atoms with Crippen LogP contribution in [-0.2, 0) is 11.0 Å². The Balaban J connectivity index is 2.82. The molecule has 0 bridgehead atoms. The molecule has 0 aliphatic heterocycles. The lowest BCUT2D eigenvalue weighted by atomic mass is 10.00. The first-order valence-electron chi connectivity index (χ1n) is 6.10. The predicted octanol–water partition coefficient (Wildman–Crippen LogP) is 2.39. The van der Waals surface area contributed by atoms with Crippen LogP contribution in [0.25, 0.3) is 0 Å². The summed E-state index contributed by atoms with van der Waals surface area (Å²) in [7, 11) is 0. The van der Waals surface area contributed by atoms with E-state index in [-0.39, 0.29) is 28.9 Å². The van der Waals surface area contributed by atoms with Crippen molar-refractivity contribution in [3.63, 3.8) is 0 Å². The molecule has 0 saturated heterocycles. The Kier molecular flexibility index (Phi) is 6.18. The molecule has 0 radical (unpaired) electrons. The first kappa shape index (κ1) is 17.9. The van der Waals surface area contributed by atoms with Crippen LogP contribution < -0.4 is 5.32 Å². The summed E-state index contributed by atoms with van der Waals surface area (Å²) in [5.74, 6) is -0.292. The Bertz CT molecular complexity index is 508. The first-order valence-corrected chi connectivity index (χ1v) is 6.89. The maximum absolute atomic E-state index is 12.8. The lowest BCUT2D eigenvalue weighted by molar-refractivity contribution is -0.138. The van der Waals surface area contributed by atoms with E-state index >= 15 is 0 Å². The van der Waals surface area contributed by atoms with Crippen molar-refractivity contribution in [1.29, 1.82) is 0 Å². The van der Waals surface area contributed by atoms with Crippen LogP contribution in [0.4, 0.5) is 13.2 Å². The lowest BCUT2D eigenvalue weighted by Crippen LogP contribution is -2.27. The quantitative estimate of drug-likeness (QED) is 0.746. The number of halogens is 4. The second-order valence-corrected chi connectivity index (χ2v) is 5.38. The zero-order valence-electron chi connectivity index (χ0n) is 11.1. The lowest BCUT2D eigenvalue weighted by Gasteiger charge is -2.20. The summed E-state index contributed by atoms with van der Waals surface area (Å²) in [4.78, 5) is 10.7. The number of nitrogens with one attached hydrogen (secondary N) is 1. The number of benzene rings is 1. The summed E-state index contributed by atoms with van der Waals surface area (Å²) < 4.78 is 38.1. The molecule has 2 atom stereocenters.